The Morgan fingerprint density at radius 3 is 2.77 bits per heavy atom. The van der Waals surface area contributed by atoms with Gasteiger partial charge in [0.25, 0.3) is 0 Å². The molecule has 74 valence electrons. The summed E-state index contributed by atoms with van der Waals surface area (Å²) in [5.41, 5.74) is 0. The van der Waals surface area contributed by atoms with Gasteiger partial charge in [0.2, 0.25) is 5.91 Å². The second kappa shape index (κ2) is 3.50. The maximum atomic E-state index is 11.7. The zero-order valence-corrected chi connectivity index (χ0v) is 8.93. The van der Waals surface area contributed by atoms with Crippen LogP contribution in [0.5, 0.6) is 0 Å². The number of nitrogens with zero attached hydrogens (tertiary/aromatic N) is 1. The van der Waals surface area contributed by atoms with Crippen LogP contribution in [0.25, 0.3) is 0 Å². The first kappa shape index (κ1) is 9.34. The molecule has 4 heteroatoms. The van der Waals surface area contributed by atoms with Crippen molar-refractivity contribution in [3.8, 4) is 0 Å². The van der Waals surface area contributed by atoms with Gasteiger partial charge in [0.05, 0.1) is 12.7 Å². The predicted molar refractivity (Wildman–Crippen MR) is 54.6 cm³/mol. The summed E-state index contributed by atoms with van der Waals surface area (Å²) < 4.78 is 0. The van der Waals surface area contributed by atoms with Crippen molar-refractivity contribution >= 4 is 17.7 Å². The molecule has 2 saturated heterocycles. The Morgan fingerprint density at radius 2 is 2.31 bits per heavy atom. The van der Waals surface area contributed by atoms with Crippen LogP contribution in [0.2, 0.25) is 0 Å². The molecule has 0 radical (unpaired) electrons. The molecule has 2 heterocycles. The molecule has 0 aromatic rings. The molecule has 2 aliphatic rings. The number of thioether (sulfide) groups is 1. The summed E-state index contributed by atoms with van der Waals surface area (Å²) in [4.78, 5) is 13.7. The molecule has 13 heavy (non-hydrogen) atoms. The van der Waals surface area contributed by atoms with Crippen LogP contribution >= 0.6 is 11.8 Å². The van der Waals surface area contributed by atoms with Crippen LogP contribution in [-0.4, -0.2) is 40.6 Å². The predicted octanol–water partition coefficient (Wildman–Crippen LogP) is 0.658. The van der Waals surface area contributed by atoms with Crippen molar-refractivity contribution < 1.29 is 4.79 Å². The van der Waals surface area contributed by atoms with E-state index in [1.807, 2.05) is 23.6 Å². The number of rotatable bonds is 1. The molecular weight excluding hydrogens is 184 g/mol. The summed E-state index contributed by atoms with van der Waals surface area (Å²) in [6, 6.07) is 0.505. The minimum Gasteiger partial charge on any atom is -0.325 e. The SMILES string of the molecule is CC1CC(N2CNC(C)C2=O)CS1. The maximum Gasteiger partial charge on any atom is 0.240 e. The third-order valence-corrected chi connectivity index (χ3v) is 4.18. The van der Waals surface area contributed by atoms with Gasteiger partial charge in [-0.1, -0.05) is 6.92 Å². The summed E-state index contributed by atoms with van der Waals surface area (Å²) in [5, 5.41) is 3.89. The normalized spacial score (nSPS) is 40.3. The first-order valence-corrected chi connectivity index (χ1v) is 5.89. The zero-order chi connectivity index (χ0) is 9.42. The van der Waals surface area contributed by atoms with E-state index >= 15 is 0 Å². The van der Waals surface area contributed by atoms with Crippen LogP contribution in [0.1, 0.15) is 20.3 Å². The zero-order valence-electron chi connectivity index (χ0n) is 8.12. The van der Waals surface area contributed by atoms with Gasteiger partial charge < -0.3 is 4.90 Å². The maximum absolute atomic E-state index is 11.7. The molecule has 1 amide bonds. The third-order valence-electron chi connectivity index (χ3n) is 2.84. The van der Waals surface area contributed by atoms with Crippen LogP contribution in [0.3, 0.4) is 0 Å². The van der Waals surface area contributed by atoms with Crippen molar-refractivity contribution in [2.45, 2.75) is 37.6 Å². The van der Waals surface area contributed by atoms with E-state index in [9.17, 15) is 4.79 Å². The largest absolute Gasteiger partial charge is 0.325 e. The van der Waals surface area contributed by atoms with Crippen molar-refractivity contribution in [2.75, 3.05) is 12.4 Å². The van der Waals surface area contributed by atoms with E-state index < -0.39 is 0 Å². The molecule has 3 unspecified atom stereocenters. The van der Waals surface area contributed by atoms with Gasteiger partial charge in [-0.05, 0) is 13.3 Å². The molecule has 0 bridgehead atoms. The van der Waals surface area contributed by atoms with Gasteiger partial charge in [-0.2, -0.15) is 11.8 Å². The number of hydrogen-bond acceptors (Lipinski definition) is 3. The highest BCUT2D eigenvalue weighted by molar-refractivity contribution is 8.00. The van der Waals surface area contributed by atoms with E-state index in [0.29, 0.717) is 11.3 Å². The van der Waals surface area contributed by atoms with Gasteiger partial charge in [-0.15, -0.1) is 0 Å². The quantitative estimate of drug-likeness (QED) is 0.675. The standard InChI is InChI=1S/C9H16N2OS/c1-6-3-8(4-13-6)11-5-10-7(2)9(11)12/h6-8,10H,3-5H2,1-2H3. The monoisotopic (exact) mass is 200 g/mol. The molecule has 2 aliphatic heterocycles. The average molecular weight is 200 g/mol. The number of nitrogens with one attached hydrogen (secondary N) is 1. The highest BCUT2D eigenvalue weighted by Crippen LogP contribution is 2.30. The second-order valence-corrected chi connectivity index (χ2v) is 5.40. The number of carbonyl (C=O) groups excluding carboxylic acids is 1. The van der Waals surface area contributed by atoms with Crippen molar-refractivity contribution in [3.05, 3.63) is 0 Å². The van der Waals surface area contributed by atoms with Crippen LogP contribution < -0.4 is 5.32 Å². The summed E-state index contributed by atoms with van der Waals surface area (Å²) in [5.74, 6) is 1.39. The molecule has 3 atom stereocenters. The molecule has 0 aliphatic carbocycles. The van der Waals surface area contributed by atoms with Gasteiger partial charge in [0.1, 0.15) is 0 Å². The lowest BCUT2D eigenvalue weighted by Crippen LogP contribution is -2.38. The first-order valence-electron chi connectivity index (χ1n) is 4.84. The van der Waals surface area contributed by atoms with E-state index in [1.54, 1.807) is 0 Å². The lowest BCUT2D eigenvalue weighted by molar-refractivity contribution is -0.130. The Bertz CT molecular complexity index is 222. The lowest BCUT2D eigenvalue weighted by Gasteiger charge is -2.22. The minimum atomic E-state index is 0.0286. The summed E-state index contributed by atoms with van der Waals surface area (Å²) in [7, 11) is 0. The highest BCUT2D eigenvalue weighted by atomic mass is 32.2. The molecule has 2 rings (SSSR count). The Kier molecular flexibility index (Phi) is 2.51. The van der Waals surface area contributed by atoms with Gasteiger partial charge in [-0.3, -0.25) is 10.1 Å². The van der Waals surface area contributed by atoms with Crippen LogP contribution in [0.15, 0.2) is 0 Å². The number of amides is 1. The first-order chi connectivity index (χ1) is 6.18. The Hall–Kier alpha value is -0.220. The van der Waals surface area contributed by atoms with Gasteiger partial charge in [0, 0.05) is 17.0 Å². The lowest BCUT2D eigenvalue weighted by atomic mass is 10.1. The number of carbonyl (C=O) groups is 1. The summed E-state index contributed by atoms with van der Waals surface area (Å²) in [6.45, 7) is 4.92. The minimum absolute atomic E-state index is 0.0286. The van der Waals surface area contributed by atoms with Gasteiger partial charge >= 0.3 is 0 Å². The molecular formula is C9H16N2OS. The van der Waals surface area contributed by atoms with E-state index in [1.165, 1.54) is 0 Å². The highest BCUT2D eigenvalue weighted by Gasteiger charge is 2.36. The van der Waals surface area contributed by atoms with E-state index in [2.05, 4.69) is 12.2 Å². The van der Waals surface area contributed by atoms with E-state index in [4.69, 9.17) is 0 Å². The Morgan fingerprint density at radius 1 is 1.54 bits per heavy atom. The Labute approximate surface area is 83.2 Å². The van der Waals surface area contributed by atoms with E-state index in [0.717, 1.165) is 18.8 Å². The molecule has 2 fully saturated rings. The van der Waals surface area contributed by atoms with Crippen molar-refractivity contribution in [1.82, 2.24) is 10.2 Å². The molecule has 0 spiro atoms. The second-order valence-electron chi connectivity index (χ2n) is 3.93. The van der Waals surface area contributed by atoms with Crippen molar-refractivity contribution in [1.29, 1.82) is 0 Å². The van der Waals surface area contributed by atoms with Crippen LogP contribution in [-0.2, 0) is 4.79 Å². The van der Waals surface area contributed by atoms with Crippen molar-refractivity contribution in [3.63, 3.8) is 0 Å². The number of hydrogen-bond donors (Lipinski definition) is 1. The fourth-order valence-electron chi connectivity index (χ4n) is 1.97. The van der Waals surface area contributed by atoms with Crippen molar-refractivity contribution in [2.24, 2.45) is 0 Å². The van der Waals surface area contributed by atoms with Crippen LogP contribution in [0.4, 0.5) is 0 Å². The fraction of sp³-hybridized carbons (Fsp3) is 0.889. The molecule has 0 saturated carbocycles. The van der Waals surface area contributed by atoms with Gasteiger partial charge in [-0.25, -0.2) is 0 Å². The Balaban J connectivity index is 1.98. The smallest absolute Gasteiger partial charge is 0.240 e. The summed E-state index contributed by atoms with van der Waals surface area (Å²) >= 11 is 1.97. The molecule has 0 aromatic carbocycles. The molecule has 3 nitrogen and oxygen atoms in total. The van der Waals surface area contributed by atoms with Crippen LogP contribution in [0, 0.1) is 0 Å². The average Bonchev–Trinajstić information content (AvgIpc) is 2.62. The topological polar surface area (TPSA) is 32.3 Å². The van der Waals surface area contributed by atoms with Gasteiger partial charge in [0.15, 0.2) is 0 Å². The van der Waals surface area contributed by atoms with E-state index in [-0.39, 0.29) is 11.9 Å². The summed E-state index contributed by atoms with van der Waals surface area (Å²) in [6.07, 6.45) is 1.16. The fourth-order valence-corrected chi connectivity index (χ4v) is 3.20. The molecule has 0 aromatic heterocycles. The third kappa shape index (κ3) is 1.70. The molecule has 1 N–H and O–H groups in total.